The topological polar surface area (TPSA) is 70.8 Å². The lowest BCUT2D eigenvalue weighted by molar-refractivity contribution is -0.125. The van der Waals surface area contributed by atoms with Gasteiger partial charge in [-0.15, -0.1) is 0 Å². The molecule has 0 radical (unpaired) electrons. The molecule has 1 saturated heterocycles. The Labute approximate surface area is 105 Å². The van der Waals surface area contributed by atoms with Gasteiger partial charge in [0.05, 0.1) is 6.54 Å². The van der Waals surface area contributed by atoms with Crippen LogP contribution < -0.4 is 0 Å². The molecular weight excluding hydrogens is 234 g/mol. The fraction of sp³-hybridized carbons (Fsp3) is 0.538. The predicted molar refractivity (Wildman–Crippen MR) is 64.5 cm³/mol. The number of carboxylic acids is 1. The summed E-state index contributed by atoms with van der Waals surface area (Å²) in [5.74, 6) is 0.455. The average Bonchev–Trinajstić information content (AvgIpc) is 2.65. The summed E-state index contributed by atoms with van der Waals surface area (Å²) in [6.07, 6.45) is 0.562. The molecule has 2 rings (SSSR count). The number of Topliss-reactive ketones (excluding diaryl/α,β-unsaturated/α-hetero) is 1. The second kappa shape index (κ2) is 4.94. The van der Waals surface area contributed by atoms with Crippen LogP contribution in [0.15, 0.2) is 10.5 Å². The van der Waals surface area contributed by atoms with Crippen LogP contribution in [0.1, 0.15) is 35.2 Å². The molecule has 1 aromatic rings. The minimum absolute atomic E-state index is 0.0498. The Bertz CT molecular complexity index is 477. The molecule has 0 spiro atoms. The Hall–Kier alpha value is -1.62. The van der Waals surface area contributed by atoms with Crippen LogP contribution in [0, 0.1) is 12.8 Å². The minimum atomic E-state index is -0.968. The lowest BCUT2D eigenvalue weighted by Gasteiger charge is -2.28. The maximum Gasteiger partial charge on any atom is 0.339 e. The number of carbonyl (C=O) groups is 2. The molecule has 1 aliphatic heterocycles. The number of hydrogen-bond acceptors (Lipinski definition) is 4. The molecule has 1 N–H and O–H groups in total. The molecule has 1 aromatic heterocycles. The molecule has 5 heteroatoms. The summed E-state index contributed by atoms with van der Waals surface area (Å²) < 4.78 is 5.43. The fourth-order valence-electron chi connectivity index (χ4n) is 2.29. The molecule has 0 aliphatic carbocycles. The van der Waals surface area contributed by atoms with Gasteiger partial charge in [-0.2, -0.15) is 0 Å². The van der Waals surface area contributed by atoms with Crippen molar-refractivity contribution in [2.45, 2.75) is 26.8 Å². The number of carbonyl (C=O) groups excluding carboxylic acids is 1. The van der Waals surface area contributed by atoms with E-state index in [0.717, 1.165) is 0 Å². The summed E-state index contributed by atoms with van der Waals surface area (Å²) in [5.41, 5.74) is 0.214. The molecule has 0 aromatic carbocycles. The van der Waals surface area contributed by atoms with Crippen LogP contribution in [0.3, 0.4) is 0 Å². The number of carboxylic acid groups (broad SMARTS) is 1. The molecule has 1 unspecified atom stereocenters. The van der Waals surface area contributed by atoms with Gasteiger partial charge in [-0.25, -0.2) is 4.79 Å². The van der Waals surface area contributed by atoms with Crippen molar-refractivity contribution >= 4 is 11.8 Å². The predicted octanol–water partition coefficient (Wildman–Crippen LogP) is 1.70. The highest BCUT2D eigenvalue weighted by molar-refractivity contribution is 5.88. The molecule has 1 atom stereocenters. The summed E-state index contributed by atoms with van der Waals surface area (Å²) >= 11 is 0. The van der Waals surface area contributed by atoms with E-state index in [9.17, 15) is 9.59 Å². The van der Waals surface area contributed by atoms with Gasteiger partial charge in [0, 0.05) is 25.4 Å². The lowest BCUT2D eigenvalue weighted by Crippen LogP contribution is -2.38. The summed E-state index contributed by atoms with van der Waals surface area (Å²) in [7, 11) is 0. The summed E-state index contributed by atoms with van der Waals surface area (Å²) in [4.78, 5) is 24.4. The summed E-state index contributed by atoms with van der Waals surface area (Å²) in [6, 6.07) is 1.57. The first-order valence-electron chi connectivity index (χ1n) is 6.05. The van der Waals surface area contributed by atoms with Crippen LogP contribution in [0.25, 0.3) is 0 Å². The van der Waals surface area contributed by atoms with Crippen LogP contribution in [-0.2, 0) is 11.3 Å². The van der Waals surface area contributed by atoms with Crippen molar-refractivity contribution in [1.29, 1.82) is 0 Å². The van der Waals surface area contributed by atoms with Gasteiger partial charge in [0.25, 0.3) is 0 Å². The molecule has 98 valence electrons. The van der Waals surface area contributed by atoms with Gasteiger partial charge in [-0.1, -0.05) is 6.92 Å². The highest BCUT2D eigenvalue weighted by Crippen LogP contribution is 2.19. The van der Waals surface area contributed by atoms with Crippen molar-refractivity contribution in [3.8, 4) is 0 Å². The summed E-state index contributed by atoms with van der Waals surface area (Å²) in [5, 5.41) is 8.94. The smallest absolute Gasteiger partial charge is 0.339 e. The van der Waals surface area contributed by atoms with Crippen molar-refractivity contribution in [2.75, 3.05) is 13.1 Å². The number of rotatable bonds is 3. The molecule has 0 saturated carbocycles. The van der Waals surface area contributed by atoms with Crippen molar-refractivity contribution in [2.24, 2.45) is 5.92 Å². The third kappa shape index (κ3) is 2.61. The number of aryl methyl sites for hydroxylation is 1. The molecule has 0 amide bonds. The van der Waals surface area contributed by atoms with Gasteiger partial charge in [0.1, 0.15) is 22.9 Å². The average molecular weight is 251 g/mol. The van der Waals surface area contributed by atoms with E-state index >= 15 is 0 Å². The SMILES string of the molecule is Cc1oc(CN2CCC(=O)C(C)C2)cc1C(=O)O. The third-order valence-electron chi connectivity index (χ3n) is 3.33. The largest absolute Gasteiger partial charge is 0.478 e. The highest BCUT2D eigenvalue weighted by Gasteiger charge is 2.24. The van der Waals surface area contributed by atoms with Gasteiger partial charge >= 0.3 is 5.97 Å². The van der Waals surface area contributed by atoms with Crippen LogP contribution in [0.4, 0.5) is 0 Å². The second-order valence-corrected chi connectivity index (χ2v) is 4.84. The van der Waals surface area contributed by atoms with Crippen molar-refractivity contribution in [3.63, 3.8) is 0 Å². The van der Waals surface area contributed by atoms with Gasteiger partial charge in [-0.3, -0.25) is 9.69 Å². The van der Waals surface area contributed by atoms with E-state index in [1.54, 1.807) is 13.0 Å². The zero-order valence-corrected chi connectivity index (χ0v) is 10.6. The normalized spacial score (nSPS) is 21.2. The van der Waals surface area contributed by atoms with Gasteiger partial charge in [-0.05, 0) is 13.0 Å². The Morgan fingerprint density at radius 3 is 2.89 bits per heavy atom. The number of aromatic carboxylic acids is 1. The van der Waals surface area contributed by atoms with E-state index < -0.39 is 5.97 Å². The first-order chi connectivity index (χ1) is 8.47. The number of likely N-dealkylation sites (tertiary alicyclic amines) is 1. The Morgan fingerprint density at radius 2 is 2.33 bits per heavy atom. The maximum atomic E-state index is 11.4. The zero-order valence-electron chi connectivity index (χ0n) is 10.6. The van der Waals surface area contributed by atoms with Crippen molar-refractivity contribution in [3.05, 3.63) is 23.2 Å². The Balaban J connectivity index is 2.04. The number of piperidine rings is 1. The van der Waals surface area contributed by atoms with E-state index in [4.69, 9.17) is 9.52 Å². The third-order valence-corrected chi connectivity index (χ3v) is 3.33. The molecular formula is C13H17NO4. The van der Waals surface area contributed by atoms with Crippen LogP contribution in [0.2, 0.25) is 0 Å². The molecule has 0 bridgehead atoms. The van der Waals surface area contributed by atoms with Crippen molar-refractivity contribution in [1.82, 2.24) is 4.90 Å². The Kier molecular flexibility index (Phi) is 3.52. The van der Waals surface area contributed by atoms with Gasteiger partial charge in [0.15, 0.2) is 0 Å². The molecule has 1 aliphatic rings. The Morgan fingerprint density at radius 1 is 1.61 bits per heavy atom. The standard InChI is InChI=1S/C13H17NO4/c1-8-6-14(4-3-12(8)15)7-10-5-11(13(16)17)9(2)18-10/h5,8H,3-4,6-7H2,1-2H3,(H,16,17). The van der Waals surface area contributed by atoms with E-state index in [1.807, 2.05) is 6.92 Å². The van der Waals surface area contributed by atoms with E-state index in [-0.39, 0.29) is 11.5 Å². The zero-order chi connectivity index (χ0) is 13.3. The molecule has 2 heterocycles. The van der Waals surface area contributed by atoms with Crippen molar-refractivity contribution < 1.29 is 19.1 Å². The molecule has 1 fully saturated rings. The first-order valence-corrected chi connectivity index (χ1v) is 6.05. The minimum Gasteiger partial charge on any atom is -0.478 e. The highest BCUT2D eigenvalue weighted by atomic mass is 16.4. The molecule has 5 nitrogen and oxygen atoms in total. The van der Waals surface area contributed by atoms with Crippen LogP contribution in [-0.4, -0.2) is 34.8 Å². The van der Waals surface area contributed by atoms with Gasteiger partial charge < -0.3 is 9.52 Å². The van der Waals surface area contributed by atoms with Crippen LogP contribution in [0.5, 0.6) is 0 Å². The number of ketones is 1. The fourth-order valence-corrected chi connectivity index (χ4v) is 2.29. The van der Waals surface area contributed by atoms with E-state index in [1.165, 1.54) is 0 Å². The summed E-state index contributed by atoms with van der Waals surface area (Å²) in [6.45, 7) is 5.55. The second-order valence-electron chi connectivity index (χ2n) is 4.84. The van der Waals surface area contributed by atoms with Crippen LogP contribution >= 0.6 is 0 Å². The molecule has 18 heavy (non-hydrogen) atoms. The monoisotopic (exact) mass is 251 g/mol. The number of nitrogens with zero attached hydrogens (tertiary/aromatic N) is 1. The van der Waals surface area contributed by atoms with E-state index in [2.05, 4.69) is 4.90 Å². The number of furan rings is 1. The maximum absolute atomic E-state index is 11.4. The lowest BCUT2D eigenvalue weighted by atomic mass is 9.98. The first kappa shape index (κ1) is 12.8. The van der Waals surface area contributed by atoms with E-state index in [0.29, 0.717) is 43.4 Å². The quantitative estimate of drug-likeness (QED) is 0.885. The van der Waals surface area contributed by atoms with Gasteiger partial charge in [0.2, 0.25) is 0 Å². The number of hydrogen-bond donors (Lipinski definition) is 1.